The Labute approximate surface area is 212 Å². The van der Waals surface area contributed by atoms with Crippen LogP contribution in [0, 0.1) is 0 Å². The van der Waals surface area contributed by atoms with Gasteiger partial charge in [-0.1, -0.05) is 43.3 Å². The fraction of sp³-hybridized carbons (Fsp3) is 0.345. The molecule has 0 spiro atoms. The van der Waals surface area contributed by atoms with Gasteiger partial charge in [-0.25, -0.2) is 0 Å². The highest BCUT2D eigenvalue weighted by Crippen LogP contribution is 2.37. The van der Waals surface area contributed by atoms with Gasteiger partial charge in [-0.05, 0) is 62.4 Å². The number of methoxy groups -OCH3 is 1. The van der Waals surface area contributed by atoms with Gasteiger partial charge >= 0.3 is 0 Å². The molecule has 0 radical (unpaired) electrons. The van der Waals surface area contributed by atoms with E-state index in [9.17, 15) is 14.4 Å². The van der Waals surface area contributed by atoms with E-state index >= 15 is 0 Å². The lowest BCUT2D eigenvalue weighted by molar-refractivity contribution is -0.141. The molecule has 3 amide bonds. The quantitative estimate of drug-likeness (QED) is 0.506. The Bertz CT molecular complexity index is 1290. The van der Waals surface area contributed by atoms with Gasteiger partial charge in [-0.2, -0.15) is 0 Å². The summed E-state index contributed by atoms with van der Waals surface area (Å²) in [6.07, 6.45) is 0.438. The van der Waals surface area contributed by atoms with Crippen molar-refractivity contribution in [3.05, 3.63) is 71.8 Å². The van der Waals surface area contributed by atoms with Crippen LogP contribution in [0.3, 0.4) is 0 Å². The standard InChI is InChI=1S/C29H33N3O4/c1-6-23(27(34)30-29(2,3)4)31(17-19-13-15-21(36-5)16-14-19)25(33)18-32-24-12-8-10-20-9-7-11-22(26(20)24)28(32)35/h7-16,23H,6,17-18H2,1-5H3,(H,30,34)/t23-/m1/s1. The zero-order valence-corrected chi connectivity index (χ0v) is 21.5. The van der Waals surface area contributed by atoms with Crippen LogP contribution in [0.5, 0.6) is 5.75 Å². The molecule has 7 nitrogen and oxygen atoms in total. The molecule has 3 aromatic rings. The Kier molecular flexibility index (Phi) is 7.02. The highest BCUT2D eigenvalue weighted by molar-refractivity contribution is 6.26. The molecule has 36 heavy (non-hydrogen) atoms. The maximum Gasteiger partial charge on any atom is 0.259 e. The molecule has 0 aromatic heterocycles. The number of nitrogens with zero attached hydrogens (tertiary/aromatic N) is 2. The van der Waals surface area contributed by atoms with Crippen molar-refractivity contribution < 1.29 is 19.1 Å². The third-order valence-electron chi connectivity index (χ3n) is 6.34. The average molecular weight is 488 g/mol. The predicted molar refractivity (Wildman–Crippen MR) is 141 cm³/mol. The third-order valence-corrected chi connectivity index (χ3v) is 6.34. The number of carbonyl (C=O) groups is 3. The van der Waals surface area contributed by atoms with Crippen molar-refractivity contribution in [2.24, 2.45) is 0 Å². The van der Waals surface area contributed by atoms with E-state index in [-0.39, 0.29) is 30.8 Å². The molecule has 7 heteroatoms. The van der Waals surface area contributed by atoms with Crippen LogP contribution in [0.25, 0.3) is 10.8 Å². The minimum absolute atomic E-state index is 0.151. The number of ether oxygens (including phenoxy) is 1. The molecule has 0 fully saturated rings. The molecule has 0 unspecified atom stereocenters. The molecule has 1 aliphatic heterocycles. The first-order valence-corrected chi connectivity index (χ1v) is 12.2. The second kappa shape index (κ2) is 10.0. The molecular weight excluding hydrogens is 454 g/mol. The molecule has 1 aliphatic rings. The van der Waals surface area contributed by atoms with Crippen molar-refractivity contribution in [1.29, 1.82) is 0 Å². The zero-order chi connectivity index (χ0) is 26.0. The van der Waals surface area contributed by atoms with E-state index in [1.165, 1.54) is 4.90 Å². The highest BCUT2D eigenvalue weighted by Gasteiger charge is 2.35. The molecule has 1 N–H and O–H groups in total. The van der Waals surface area contributed by atoms with Crippen LogP contribution in [-0.4, -0.2) is 47.9 Å². The minimum Gasteiger partial charge on any atom is -0.497 e. The summed E-state index contributed by atoms with van der Waals surface area (Å²) in [4.78, 5) is 43.5. The summed E-state index contributed by atoms with van der Waals surface area (Å²) in [5.74, 6) is -0.000658. The Hall–Kier alpha value is -3.87. The summed E-state index contributed by atoms with van der Waals surface area (Å²) in [5, 5.41) is 4.82. The van der Waals surface area contributed by atoms with Gasteiger partial charge in [0.15, 0.2) is 0 Å². The number of amides is 3. The van der Waals surface area contributed by atoms with Crippen LogP contribution >= 0.6 is 0 Å². The van der Waals surface area contributed by atoms with Crippen LogP contribution < -0.4 is 15.0 Å². The van der Waals surface area contributed by atoms with Crippen molar-refractivity contribution in [3.8, 4) is 5.75 Å². The number of rotatable bonds is 8. The Morgan fingerprint density at radius 2 is 1.69 bits per heavy atom. The molecular formula is C29H33N3O4. The first-order valence-electron chi connectivity index (χ1n) is 12.2. The number of hydrogen-bond donors (Lipinski definition) is 1. The van der Waals surface area contributed by atoms with Crippen LogP contribution in [0.15, 0.2) is 60.7 Å². The van der Waals surface area contributed by atoms with Gasteiger partial charge in [-0.15, -0.1) is 0 Å². The van der Waals surface area contributed by atoms with Gasteiger partial charge in [0.25, 0.3) is 5.91 Å². The molecule has 0 saturated carbocycles. The SMILES string of the molecule is CC[C@H](C(=O)NC(C)(C)C)N(Cc1ccc(OC)cc1)C(=O)CN1C(=O)c2cccc3cccc1c23. The van der Waals surface area contributed by atoms with Crippen molar-refractivity contribution in [3.63, 3.8) is 0 Å². The van der Waals surface area contributed by atoms with Gasteiger partial charge in [0.05, 0.1) is 12.8 Å². The van der Waals surface area contributed by atoms with Crippen molar-refractivity contribution in [2.45, 2.75) is 52.2 Å². The Morgan fingerprint density at radius 3 is 2.31 bits per heavy atom. The molecule has 0 aliphatic carbocycles. The molecule has 0 bridgehead atoms. The minimum atomic E-state index is -0.685. The van der Waals surface area contributed by atoms with Gasteiger partial charge in [0.2, 0.25) is 11.8 Å². The second-order valence-corrected chi connectivity index (χ2v) is 10.1. The lowest BCUT2D eigenvalue weighted by Gasteiger charge is -2.34. The Balaban J connectivity index is 1.65. The number of hydrogen-bond acceptors (Lipinski definition) is 4. The largest absolute Gasteiger partial charge is 0.497 e. The summed E-state index contributed by atoms with van der Waals surface area (Å²) >= 11 is 0. The maximum absolute atomic E-state index is 13.8. The first kappa shape index (κ1) is 25.2. The number of nitrogens with one attached hydrogen (secondary N) is 1. The van der Waals surface area contributed by atoms with E-state index < -0.39 is 11.6 Å². The lowest BCUT2D eigenvalue weighted by atomic mass is 10.1. The first-order chi connectivity index (χ1) is 17.1. The second-order valence-electron chi connectivity index (χ2n) is 10.1. The summed E-state index contributed by atoms with van der Waals surface area (Å²) in [5.41, 5.74) is 1.74. The van der Waals surface area contributed by atoms with Crippen LogP contribution in [0.2, 0.25) is 0 Å². The van der Waals surface area contributed by atoms with E-state index in [2.05, 4.69) is 5.32 Å². The topological polar surface area (TPSA) is 79.0 Å². The van der Waals surface area contributed by atoms with E-state index in [4.69, 9.17) is 4.74 Å². The van der Waals surface area contributed by atoms with Crippen LogP contribution in [-0.2, 0) is 16.1 Å². The molecule has 3 aromatic carbocycles. The highest BCUT2D eigenvalue weighted by atomic mass is 16.5. The van der Waals surface area contributed by atoms with E-state index in [1.54, 1.807) is 18.1 Å². The average Bonchev–Trinajstić information content (AvgIpc) is 3.11. The van der Waals surface area contributed by atoms with Crippen LogP contribution in [0.4, 0.5) is 5.69 Å². The lowest BCUT2D eigenvalue weighted by Crippen LogP contribution is -2.55. The molecule has 1 heterocycles. The zero-order valence-electron chi connectivity index (χ0n) is 21.5. The molecule has 4 rings (SSSR count). The van der Waals surface area contributed by atoms with Crippen LogP contribution in [0.1, 0.15) is 50.0 Å². The summed E-state index contributed by atoms with van der Waals surface area (Å²) in [6, 6.07) is 18.0. The fourth-order valence-electron chi connectivity index (χ4n) is 4.66. The Morgan fingerprint density at radius 1 is 1.03 bits per heavy atom. The summed E-state index contributed by atoms with van der Waals surface area (Å²) in [6.45, 7) is 7.70. The van der Waals surface area contributed by atoms with E-state index in [0.717, 1.165) is 22.0 Å². The van der Waals surface area contributed by atoms with Crippen molar-refractivity contribution >= 4 is 34.2 Å². The number of carbonyl (C=O) groups excluding carboxylic acids is 3. The normalized spacial score (nSPS) is 13.6. The maximum atomic E-state index is 13.8. The van der Waals surface area contributed by atoms with E-state index in [0.29, 0.717) is 17.7 Å². The van der Waals surface area contributed by atoms with Gasteiger partial charge in [0.1, 0.15) is 18.3 Å². The van der Waals surface area contributed by atoms with Gasteiger partial charge in [-0.3, -0.25) is 19.3 Å². The summed E-state index contributed by atoms with van der Waals surface area (Å²) < 4.78 is 5.25. The fourth-order valence-corrected chi connectivity index (χ4v) is 4.66. The van der Waals surface area contributed by atoms with Crippen molar-refractivity contribution in [1.82, 2.24) is 10.2 Å². The number of benzene rings is 3. The summed E-state index contributed by atoms with van der Waals surface area (Å²) in [7, 11) is 1.60. The van der Waals surface area contributed by atoms with Gasteiger partial charge < -0.3 is 15.0 Å². The number of anilines is 1. The third kappa shape index (κ3) is 5.05. The molecule has 0 saturated heterocycles. The van der Waals surface area contributed by atoms with E-state index in [1.807, 2.05) is 82.3 Å². The molecule has 1 atom stereocenters. The monoisotopic (exact) mass is 487 g/mol. The molecule has 188 valence electrons. The predicted octanol–water partition coefficient (Wildman–Crippen LogP) is 4.53. The smallest absolute Gasteiger partial charge is 0.259 e. The van der Waals surface area contributed by atoms with Crippen molar-refractivity contribution in [2.75, 3.05) is 18.6 Å². The van der Waals surface area contributed by atoms with Gasteiger partial charge in [0, 0.05) is 23.0 Å².